The van der Waals surface area contributed by atoms with Crippen LogP contribution in [0.2, 0.25) is 0 Å². The summed E-state index contributed by atoms with van der Waals surface area (Å²) in [5, 5.41) is 1.21. The molecule has 3 aromatic rings. The molecular weight excluding hydrogens is 256 g/mol. The van der Waals surface area contributed by atoms with Crippen LogP contribution < -0.4 is 0 Å². The molecule has 3 rings (SSSR count). The molecule has 2 aromatic heterocycles. The molecule has 0 atom stereocenters. The smallest absolute Gasteiger partial charge is 0.0729 e. The zero-order valence-electron chi connectivity index (χ0n) is 12.4. The van der Waals surface area contributed by atoms with Crippen molar-refractivity contribution >= 4 is 17.0 Å². The Hall–Kier alpha value is -2.61. The second-order valence-corrected chi connectivity index (χ2v) is 5.17. The van der Waals surface area contributed by atoms with E-state index in [-0.39, 0.29) is 0 Å². The SMILES string of the molecule is C=C/C=C\c1c(C)cc(-c2c[nH]c3ccccc23)nc1C. The van der Waals surface area contributed by atoms with Crippen molar-refractivity contribution in [1.82, 2.24) is 9.97 Å². The van der Waals surface area contributed by atoms with Crippen LogP contribution in [0.15, 0.2) is 55.3 Å². The van der Waals surface area contributed by atoms with Crippen LogP contribution in [-0.4, -0.2) is 9.97 Å². The van der Waals surface area contributed by atoms with Crippen molar-refractivity contribution < 1.29 is 0 Å². The topological polar surface area (TPSA) is 28.7 Å². The molecule has 0 aliphatic carbocycles. The van der Waals surface area contributed by atoms with Crippen molar-refractivity contribution in [2.45, 2.75) is 13.8 Å². The van der Waals surface area contributed by atoms with Crippen LogP contribution in [0.25, 0.3) is 28.2 Å². The van der Waals surface area contributed by atoms with Crippen molar-refractivity contribution in [2.24, 2.45) is 0 Å². The molecular formula is C19H18N2. The molecule has 21 heavy (non-hydrogen) atoms. The van der Waals surface area contributed by atoms with Crippen LogP contribution in [0.5, 0.6) is 0 Å². The predicted molar refractivity (Wildman–Crippen MR) is 90.2 cm³/mol. The third kappa shape index (κ3) is 2.40. The fourth-order valence-corrected chi connectivity index (χ4v) is 2.68. The molecule has 0 aliphatic heterocycles. The number of pyridine rings is 1. The van der Waals surface area contributed by atoms with Crippen molar-refractivity contribution in [1.29, 1.82) is 0 Å². The van der Waals surface area contributed by atoms with E-state index in [4.69, 9.17) is 4.98 Å². The van der Waals surface area contributed by atoms with E-state index in [9.17, 15) is 0 Å². The number of aromatic amines is 1. The van der Waals surface area contributed by atoms with Gasteiger partial charge in [0.1, 0.15) is 0 Å². The fraction of sp³-hybridized carbons (Fsp3) is 0.105. The summed E-state index contributed by atoms with van der Waals surface area (Å²) < 4.78 is 0. The van der Waals surface area contributed by atoms with Crippen LogP contribution in [-0.2, 0) is 0 Å². The van der Waals surface area contributed by atoms with Gasteiger partial charge in [0.25, 0.3) is 0 Å². The van der Waals surface area contributed by atoms with Crippen molar-refractivity contribution in [3.05, 3.63) is 72.1 Å². The molecule has 0 bridgehead atoms. The van der Waals surface area contributed by atoms with Crippen LogP contribution >= 0.6 is 0 Å². The van der Waals surface area contributed by atoms with Crippen molar-refractivity contribution in [2.75, 3.05) is 0 Å². The highest BCUT2D eigenvalue weighted by Crippen LogP contribution is 2.29. The van der Waals surface area contributed by atoms with Gasteiger partial charge in [-0.3, -0.25) is 4.98 Å². The Morgan fingerprint density at radius 3 is 2.76 bits per heavy atom. The minimum absolute atomic E-state index is 1.01. The molecule has 1 aromatic carbocycles. The predicted octanol–water partition coefficient (Wildman–Crippen LogP) is 5.05. The number of hydrogen-bond donors (Lipinski definition) is 1. The second kappa shape index (κ2) is 5.41. The lowest BCUT2D eigenvalue weighted by Crippen LogP contribution is -1.94. The lowest BCUT2D eigenvalue weighted by Gasteiger charge is -2.08. The lowest BCUT2D eigenvalue weighted by molar-refractivity contribution is 1.17. The molecule has 2 heteroatoms. The van der Waals surface area contributed by atoms with E-state index in [0.29, 0.717) is 0 Å². The van der Waals surface area contributed by atoms with Crippen LogP contribution in [0, 0.1) is 13.8 Å². The Morgan fingerprint density at radius 1 is 1.19 bits per heavy atom. The third-order valence-corrected chi connectivity index (χ3v) is 3.72. The van der Waals surface area contributed by atoms with Gasteiger partial charge in [0, 0.05) is 28.4 Å². The van der Waals surface area contributed by atoms with Crippen molar-refractivity contribution in [3.63, 3.8) is 0 Å². The Morgan fingerprint density at radius 2 is 2.00 bits per heavy atom. The maximum atomic E-state index is 4.77. The Balaban J connectivity index is 2.16. The zero-order chi connectivity index (χ0) is 14.8. The zero-order valence-corrected chi connectivity index (χ0v) is 12.4. The standard InChI is InChI=1S/C19H18N2/c1-4-5-8-15-13(2)11-19(21-14(15)3)17-12-20-18-10-7-6-9-16(17)18/h4-12,20H,1H2,2-3H3/b8-5-. The largest absolute Gasteiger partial charge is 0.360 e. The van der Waals surface area contributed by atoms with Gasteiger partial charge in [-0.05, 0) is 37.1 Å². The van der Waals surface area contributed by atoms with Crippen LogP contribution in [0.3, 0.4) is 0 Å². The molecule has 0 spiro atoms. The molecule has 2 heterocycles. The molecule has 0 saturated carbocycles. The molecule has 0 fully saturated rings. The summed E-state index contributed by atoms with van der Waals surface area (Å²) >= 11 is 0. The number of nitrogens with one attached hydrogen (secondary N) is 1. The molecule has 0 aliphatic rings. The number of para-hydroxylation sites is 1. The average Bonchev–Trinajstić information content (AvgIpc) is 2.90. The normalized spacial score (nSPS) is 11.3. The first-order valence-electron chi connectivity index (χ1n) is 7.04. The maximum absolute atomic E-state index is 4.77. The van der Waals surface area contributed by atoms with Gasteiger partial charge in [-0.15, -0.1) is 0 Å². The quantitative estimate of drug-likeness (QED) is 0.665. The number of rotatable bonds is 3. The summed E-state index contributed by atoms with van der Waals surface area (Å²) in [5.41, 5.74) is 6.72. The van der Waals surface area contributed by atoms with E-state index in [1.54, 1.807) is 6.08 Å². The first-order chi connectivity index (χ1) is 10.2. The summed E-state index contributed by atoms with van der Waals surface area (Å²) in [6, 6.07) is 10.4. The summed E-state index contributed by atoms with van der Waals surface area (Å²) in [4.78, 5) is 8.08. The van der Waals surface area contributed by atoms with Crippen LogP contribution in [0.4, 0.5) is 0 Å². The van der Waals surface area contributed by atoms with E-state index in [0.717, 1.165) is 22.5 Å². The lowest BCUT2D eigenvalue weighted by atomic mass is 10.0. The molecule has 0 unspecified atom stereocenters. The number of allylic oxidation sites excluding steroid dienone is 2. The Kier molecular flexibility index (Phi) is 3.44. The molecule has 104 valence electrons. The molecule has 0 saturated heterocycles. The number of aryl methyl sites for hydroxylation is 2. The summed E-state index contributed by atoms with van der Waals surface area (Å²) in [7, 11) is 0. The van der Waals surface area contributed by atoms with Gasteiger partial charge in [0.2, 0.25) is 0 Å². The average molecular weight is 274 g/mol. The highest BCUT2D eigenvalue weighted by molar-refractivity contribution is 5.94. The Labute approximate surface area is 124 Å². The highest BCUT2D eigenvalue weighted by atomic mass is 14.7. The van der Waals surface area contributed by atoms with Gasteiger partial charge >= 0.3 is 0 Å². The van der Waals surface area contributed by atoms with Crippen molar-refractivity contribution in [3.8, 4) is 11.3 Å². The van der Waals surface area contributed by atoms with Gasteiger partial charge in [0.05, 0.1) is 5.69 Å². The molecule has 1 N–H and O–H groups in total. The first kappa shape index (κ1) is 13.4. The molecule has 0 amide bonds. The van der Waals surface area contributed by atoms with E-state index in [1.165, 1.54) is 16.5 Å². The third-order valence-electron chi connectivity index (χ3n) is 3.72. The second-order valence-electron chi connectivity index (χ2n) is 5.17. The monoisotopic (exact) mass is 274 g/mol. The van der Waals surface area contributed by atoms with Gasteiger partial charge in [-0.2, -0.15) is 0 Å². The summed E-state index contributed by atoms with van der Waals surface area (Å²) in [6.07, 6.45) is 7.82. The molecule has 2 nitrogen and oxygen atoms in total. The number of aromatic nitrogens is 2. The minimum atomic E-state index is 1.01. The fourth-order valence-electron chi connectivity index (χ4n) is 2.68. The van der Waals surface area contributed by atoms with E-state index in [1.807, 2.05) is 25.3 Å². The van der Waals surface area contributed by atoms with Gasteiger partial charge in [-0.1, -0.05) is 43.0 Å². The number of benzene rings is 1. The maximum Gasteiger partial charge on any atom is 0.0729 e. The minimum Gasteiger partial charge on any atom is -0.360 e. The van der Waals surface area contributed by atoms with E-state index >= 15 is 0 Å². The van der Waals surface area contributed by atoms with E-state index < -0.39 is 0 Å². The summed E-state index contributed by atoms with van der Waals surface area (Å²) in [6.45, 7) is 7.89. The number of H-pyrrole nitrogens is 1. The summed E-state index contributed by atoms with van der Waals surface area (Å²) in [5.74, 6) is 0. The highest BCUT2D eigenvalue weighted by Gasteiger charge is 2.10. The number of hydrogen-bond acceptors (Lipinski definition) is 1. The Bertz CT molecular complexity index is 815. The van der Waals surface area contributed by atoms with Crippen LogP contribution in [0.1, 0.15) is 16.8 Å². The van der Waals surface area contributed by atoms with Gasteiger partial charge in [-0.25, -0.2) is 0 Å². The number of fused-ring (bicyclic) bond motifs is 1. The number of nitrogens with zero attached hydrogens (tertiary/aromatic N) is 1. The molecule has 0 radical (unpaired) electrons. The van der Waals surface area contributed by atoms with E-state index in [2.05, 4.69) is 48.8 Å². The first-order valence-corrected chi connectivity index (χ1v) is 7.04. The van der Waals surface area contributed by atoms with Gasteiger partial charge < -0.3 is 4.98 Å². The van der Waals surface area contributed by atoms with Gasteiger partial charge in [0.15, 0.2) is 0 Å².